The first-order chi connectivity index (χ1) is 9.87. The van der Waals surface area contributed by atoms with E-state index in [0.717, 1.165) is 24.8 Å². The maximum Gasteiger partial charge on any atom is 0.297 e. The quantitative estimate of drug-likeness (QED) is 0.868. The molecule has 21 heavy (non-hydrogen) atoms. The molecule has 0 aromatic heterocycles. The lowest BCUT2D eigenvalue weighted by Crippen LogP contribution is -2.34. The van der Waals surface area contributed by atoms with Crippen molar-refractivity contribution in [2.45, 2.75) is 50.2 Å². The highest BCUT2D eigenvalue weighted by Crippen LogP contribution is 2.50. The van der Waals surface area contributed by atoms with Gasteiger partial charge in [-0.05, 0) is 63.0 Å². The van der Waals surface area contributed by atoms with Crippen LogP contribution >= 0.6 is 0 Å². The summed E-state index contributed by atoms with van der Waals surface area (Å²) in [6.45, 7) is 3.72. The third-order valence-electron chi connectivity index (χ3n) is 5.02. The van der Waals surface area contributed by atoms with Crippen molar-refractivity contribution in [1.29, 1.82) is 0 Å². The molecule has 2 saturated carbocycles. The van der Waals surface area contributed by atoms with Crippen molar-refractivity contribution in [2.24, 2.45) is 17.8 Å². The Morgan fingerprint density at radius 3 is 2.43 bits per heavy atom. The van der Waals surface area contributed by atoms with Crippen LogP contribution in [0.4, 0.5) is 0 Å². The number of aliphatic hydroxyl groups excluding tert-OH is 1. The summed E-state index contributed by atoms with van der Waals surface area (Å²) in [5.41, 5.74) is 1.01. The van der Waals surface area contributed by atoms with E-state index in [4.69, 9.17) is 4.18 Å². The monoisotopic (exact) mass is 310 g/mol. The predicted octanol–water partition coefficient (Wildman–Crippen LogP) is 2.50. The van der Waals surface area contributed by atoms with Gasteiger partial charge in [-0.1, -0.05) is 17.7 Å². The fraction of sp³-hybridized carbons (Fsp3) is 0.625. The van der Waals surface area contributed by atoms with Gasteiger partial charge in [-0.2, -0.15) is 8.42 Å². The summed E-state index contributed by atoms with van der Waals surface area (Å²) in [5.74, 6) is 0.861. The summed E-state index contributed by atoms with van der Waals surface area (Å²) in [7, 11) is -3.73. The summed E-state index contributed by atoms with van der Waals surface area (Å²) in [5, 5.41) is 9.98. The first kappa shape index (κ1) is 15.0. The van der Waals surface area contributed by atoms with Crippen LogP contribution in [0.5, 0.6) is 0 Å². The van der Waals surface area contributed by atoms with Crippen molar-refractivity contribution in [3.63, 3.8) is 0 Å². The molecule has 0 aliphatic heterocycles. The van der Waals surface area contributed by atoms with Gasteiger partial charge in [0.05, 0.1) is 17.1 Å². The van der Waals surface area contributed by atoms with E-state index in [1.165, 1.54) is 0 Å². The molecule has 0 unspecified atom stereocenters. The van der Waals surface area contributed by atoms with E-state index in [1.807, 2.05) is 13.8 Å². The predicted molar refractivity (Wildman–Crippen MR) is 79.2 cm³/mol. The van der Waals surface area contributed by atoms with Crippen molar-refractivity contribution in [1.82, 2.24) is 0 Å². The zero-order chi connectivity index (χ0) is 15.2. The van der Waals surface area contributed by atoms with Crippen LogP contribution in [0.25, 0.3) is 0 Å². The van der Waals surface area contributed by atoms with Gasteiger partial charge in [0.1, 0.15) is 0 Å². The van der Waals surface area contributed by atoms with Crippen molar-refractivity contribution in [2.75, 3.05) is 0 Å². The number of fused-ring (bicyclic) bond motifs is 2. The minimum absolute atomic E-state index is 0.138. The average Bonchev–Trinajstić information content (AvgIpc) is 2.97. The van der Waals surface area contributed by atoms with Gasteiger partial charge in [0.15, 0.2) is 0 Å². The highest BCUT2D eigenvalue weighted by atomic mass is 32.2. The summed E-state index contributed by atoms with van der Waals surface area (Å²) < 4.78 is 30.0. The van der Waals surface area contributed by atoms with E-state index in [2.05, 4.69) is 0 Å². The minimum atomic E-state index is -3.73. The van der Waals surface area contributed by atoms with Crippen LogP contribution in [0.3, 0.4) is 0 Å². The van der Waals surface area contributed by atoms with Crippen LogP contribution in [0.1, 0.15) is 31.7 Å². The molecule has 1 aromatic rings. The second-order valence-electron chi connectivity index (χ2n) is 6.54. The highest BCUT2D eigenvalue weighted by Gasteiger charge is 2.48. The minimum Gasteiger partial charge on any atom is -0.393 e. The largest absolute Gasteiger partial charge is 0.393 e. The van der Waals surface area contributed by atoms with Crippen molar-refractivity contribution in [3.8, 4) is 0 Å². The molecule has 0 spiro atoms. The number of rotatable bonds is 4. The smallest absolute Gasteiger partial charge is 0.297 e. The molecule has 4 nitrogen and oxygen atoms in total. The number of aliphatic hydroxyl groups is 1. The molecule has 2 fully saturated rings. The average molecular weight is 310 g/mol. The molecule has 2 aliphatic carbocycles. The standard InChI is InChI=1S/C16H22O4S/c1-10-3-5-13(6-4-10)21(18,19)20-11(2)14-7-12-8-15(14)16(17)9-12/h3-6,11-12,14-17H,7-9H2,1-2H3/t11-,12-,14+,15-,16+/m1/s1. The molecule has 3 rings (SSSR count). The number of aryl methyl sites for hydroxylation is 1. The molecule has 0 radical (unpaired) electrons. The fourth-order valence-electron chi connectivity index (χ4n) is 3.94. The first-order valence-electron chi connectivity index (χ1n) is 7.55. The Hall–Kier alpha value is -0.910. The SMILES string of the molecule is Cc1ccc(S(=O)(=O)O[C@H](C)[C@@H]2C[C@@H]3C[C@H]2[C@@H](O)C3)cc1. The molecule has 2 bridgehead atoms. The summed E-state index contributed by atoms with van der Waals surface area (Å²) in [4.78, 5) is 0.198. The molecular weight excluding hydrogens is 288 g/mol. The molecule has 116 valence electrons. The molecular formula is C16H22O4S. The van der Waals surface area contributed by atoms with Gasteiger partial charge >= 0.3 is 0 Å². The number of hydrogen-bond donors (Lipinski definition) is 1. The summed E-state index contributed by atoms with van der Waals surface area (Å²) in [6, 6.07) is 6.68. The lowest BCUT2D eigenvalue weighted by Gasteiger charge is -2.30. The van der Waals surface area contributed by atoms with Gasteiger partial charge in [-0.3, -0.25) is 4.18 Å². The molecule has 1 aromatic carbocycles. The van der Waals surface area contributed by atoms with E-state index >= 15 is 0 Å². The lowest BCUT2D eigenvalue weighted by atomic mass is 9.83. The zero-order valence-electron chi connectivity index (χ0n) is 12.4. The maximum absolute atomic E-state index is 12.3. The third-order valence-corrected chi connectivity index (χ3v) is 6.43. The summed E-state index contributed by atoms with van der Waals surface area (Å²) in [6.07, 6.45) is 2.15. The normalized spacial score (nSPS) is 33.3. The van der Waals surface area contributed by atoms with E-state index in [-0.39, 0.29) is 28.9 Å². The van der Waals surface area contributed by atoms with E-state index in [9.17, 15) is 13.5 Å². The molecule has 2 aliphatic rings. The Bertz CT molecular complexity index is 608. The first-order valence-corrected chi connectivity index (χ1v) is 8.95. The van der Waals surface area contributed by atoms with Crippen molar-refractivity contribution in [3.05, 3.63) is 29.8 Å². The number of benzene rings is 1. The van der Waals surface area contributed by atoms with Crippen LogP contribution in [0, 0.1) is 24.7 Å². The van der Waals surface area contributed by atoms with Crippen LogP contribution < -0.4 is 0 Å². The third kappa shape index (κ3) is 2.87. The van der Waals surface area contributed by atoms with Gasteiger partial charge < -0.3 is 5.11 Å². The van der Waals surface area contributed by atoms with Gasteiger partial charge in [-0.15, -0.1) is 0 Å². The molecule has 1 N–H and O–H groups in total. The van der Waals surface area contributed by atoms with Gasteiger partial charge in [0.2, 0.25) is 0 Å². The van der Waals surface area contributed by atoms with Crippen LogP contribution in [-0.4, -0.2) is 25.7 Å². The van der Waals surface area contributed by atoms with Crippen LogP contribution in [-0.2, 0) is 14.3 Å². The fourth-order valence-corrected chi connectivity index (χ4v) is 5.06. The second kappa shape index (κ2) is 5.38. The Morgan fingerprint density at radius 2 is 1.86 bits per heavy atom. The second-order valence-corrected chi connectivity index (χ2v) is 8.11. The van der Waals surface area contributed by atoms with Crippen molar-refractivity contribution >= 4 is 10.1 Å². The van der Waals surface area contributed by atoms with Crippen LogP contribution in [0.2, 0.25) is 0 Å². The van der Waals surface area contributed by atoms with E-state index < -0.39 is 10.1 Å². The Kier molecular flexibility index (Phi) is 3.84. The van der Waals surface area contributed by atoms with Crippen molar-refractivity contribution < 1.29 is 17.7 Å². The lowest BCUT2D eigenvalue weighted by molar-refractivity contribution is 0.0331. The topological polar surface area (TPSA) is 63.6 Å². The highest BCUT2D eigenvalue weighted by molar-refractivity contribution is 7.86. The zero-order valence-corrected chi connectivity index (χ0v) is 13.2. The van der Waals surface area contributed by atoms with E-state index in [1.54, 1.807) is 24.3 Å². The van der Waals surface area contributed by atoms with Gasteiger partial charge in [0.25, 0.3) is 10.1 Å². The molecule has 5 atom stereocenters. The molecule has 0 amide bonds. The van der Waals surface area contributed by atoms with E-state index in [0.29, 0.717) is 5.92 Å². The Balaban J connectivity index is 1.72. The van der Waals surface area contributed by atoms with Gasteiger partial charge in [0, 0.05) is 0 Å². The maximum atomic E-state index is 12.3. The summed E-state index contributed by atoms with van der Waals surface area (Å²) >= 11 is 0. The molecule has 5 heteroatoms. The Morgan fingerprint density at radius 1 is 1.19 bits per heavy atom. The molecule has 0 heterocycles. The number of hydrogen-bond acceptors (Lipinski definition) is 4. The van der Waals surface area contributed by atoms with Crippen LogP contribution in [0.15, 0.2) is 29.2 Å². The Labute approximate surface area is 126 Å². The molecule has 0 saturated heterocycles. The van der Waals surface area contributed by atoms with Gasteiger partial charge in [-0.25, -0.2) is 0 Å².